The number of unbranched alkanes of at least 4 members (excludes halogenated alkanes) is 2. The van der Waals surface area contributed by atoms with Gasteiger partial charge in [-0.2, -0.15) is 8.42 Å². The molecule has 262 valence electrons. The molecule has 4 rings (SSSR count). The molecule has 1 atom stereocenters. The van der Waals surface area contributed by atoms with Crippen molar-refractivity contribution < 1.29 is 27.3 Å². The molecule has 0 aliphatic carbocycles. The summed E-state index contributed by atoms with van der Waals surface area (Å²) >= 11 is 0. The minimum Gasteiger partial charge on any atom is -0.443 e. The lowest BCUT2D eigenvalue weighted by Crippen LogP contribution is -2.44. The zero-order valence-electron chi connectivity index (χ0n) is 29.6. The molecule has 0 saturated heterocycles. The van der Waals surface area contributed by atoms with Crippen LogP contribution in [-0.2, 0) is 30.5 Å². The van der Waals surface area contributed by atoms with E-state index in [4.69, 9.17) is 4.74 Å². The number of amides is 2. The van der Waals surface area contributed by atoms with Crippen molar-refractivity contribution in [2.24, 2.45) is 0 Å². The summed E-state index contributed by atoms with van der Waals surface area (Å²) in [6.45, 7) is 17.7. The highest BCUT2D eigenvalue weighted by Crippen LogP contribution is 2.49. The third kappa shape index (κ3) is 8.23. The third-order valence-corrected chi connectivity index (χ3v) is 9.99. The molecule has 2 aliphatic rings. The molecule has 3 N–H and O–H groups in total. The van der Waals surface area contributed by atoms with E-state index in [0.29, 0.717) is 13.0 Å². The second kappa shape index (κ2) is 14.3. The van der Waals surface area contributed by atoms with E-state index >= 15 is 0 Å². The molecule has 10 nitrogen and oxygen atoms in total. The van der Waals surface area contributed by atoms with Gasteiger partial charge < -0.3 is 14.5 Å². The number of hydrazine groups is 1. The summed E-state index contributed by atoms with van der Waals surface area (Å²) in [4.78, 5) is 28.7. The molecule has 2 heterocycles. The molecule has 0 bridgehead atoms. The Kier molecular flexibility index (Phi) is 11.1. The van der Waals surface area contributed by atoms with Crippen molar-refractivity contribution in [3.8, 4) is 0 Å². The number of anilines is 2. The number of benzene rings is 2. The number of rotatable bonds is 11. The van der Waals surface area contributed by atoms with E-state index in [1.54, 1.807) is 32.9 Å². The summed E-state index contributed by atoms with van der Waals surface area (Å²) in [5, 5.41) is 0. The van der Waals surface area contributed by atoms with Crippen LogP contribution >= 0.6 is 0 Å². The Morgan fingerprint density at radius 2 is 1.67 bits per heavy atom. The Morgan fingerprint density at radius 1 is 0.958 bits per heavy atom. The summed E-state index contributed by atoms with van der Waals surface area (Å²) in [7, 11) is -4.36. The Bertz CT molecular complexity index is 1670. The van der Waals surface area contributed by atoms with Crippen molar-refractivity contribution in [2.45, 2.75) is 115 Å². The number of fused-ring (bicyclic) bond motifs is 2. The smallest absolute Gasteiger partial charge is 0.426 e. The molecule has 0 radical (unpaired) electrons. The lowest BCUT2D eigenvalue weighted by Gasteiger charge is -2.32. The summed E-state index contributed by atoms with van der Waals surface area (Å²) in [5.74, 6) is -0.297. The van der Waals surface area contributed by atoms with Crippen LogP contribution in [0.5, 0.6) is 0 Å². The molecule has 0 saturated carbocycles. The average molecular weight is 681 g/mol. The second-order valence-corrected chi connectivity index (χ2v) is 16.2. The van der Waals surface area contributed by atoms with Gasteiger partial charge in [-0.25, -0.2) is 10.2 Å². The molecular weight excluding hydrogens is 628 g/mol. The quantitative estimate of drug-likeness (QED) is 0.130. The van der Waals surface area contributed by atoms with E-state index in [2.05, 4.69) is 97.8 Å². The maximum absolute atomic E-state index is 12.3. The van der Waals surface area contributed by atoms with Crippen molar-refractivity contribution >= 4 is 33.5 Å². The van der Waals surface area contributed by atoms with Crippen molar-refractivity contribution in [2.75, 3.05) is 22.9 Å². The Morgan fingerprint density at radius 3 is 2.33 bits per heavy atom. The second-order valence-electron chi connectivity index (χ2n) is 14.7. The van der Waals surface area contributed by atoms with Gasteiger partial charge in [-0.3, -0.25) is 14.8 Å². The third-order valence-electron chi connectivity index (χ3n) is 9.14. The Labute approximate surface area is 286 Å². The van der Waals surface area contributed by atoms with Crippen LogP contribution < -0.4 is 20.7 Å². The topological polar surface area (TPSA) is 128 Å². The zero-order chi connectivity index (χ0) is 35.5. The van der Waals surface area contributed by atoms with Gasteiger partial charge in [-0.15, -0.1) is 0 Å². The van der Waals surface area contributed by atoms with Crippen LogP contribution in [0.1, 0.15) is 98.6 Å². The predicted molar refractivity (Wildman–Crippen MR) is 191 cm³/mol. The number of para-hydroxylation sites is 1. The van der Waals surface area contributed by atoms with Crippen LogP contribution in [-0.4, -0.2) is 49.7 Å². The molecule has 0 aromatic heterocycles. The van der Waals surface area contributed by atoms with E-state index in [9.17, 15) is 22.6 Å². The van der Waals surface area contributed by atoms with E-state index in [1.165, 1.54) is 23.0 Å². The van der Waals surface area contributed by atoms with Crippen molar-refractivity contribution in [1.82, 2.24) is 10.9 Å². The monoisotopic (exact) mass is 680 g/mol. The van der Waals surface area contributed by atoms with Crippen molar-refractivity contribution in [1.29, 1.82) is 0 Å². The fourth-order valence-corrected chi connectivity index (χ4v) is 7.34. The maximum atomic E-state index is 12.3. The highest BCUT2D eigenvalue weighted by molar-refractivity contribution is 7.85. The minimum atomic E-state index is -4.36. The van der Waals surface area contributed by atoms with Gasteiger partial charge >= 0.3 is 6.09 Å². The minimum absolute atomic E-state index is 0.0890. The lowest BCUT2D eigenvalue weighted by molar-refractivity contribution is -0.122. The number of carbonyl (C=O) groups excluding carboxylic acids is 2. The predicted octanol–water partition coefficient (Wildman–Crippen LogP) is 7.16. The first-order valence-electron chi connectivity index (χ1n) is 16.8. The molecule has 0 spiro atoms. The molecular formula is C37H52N4O6S. The van der Waals surface area contributed by atoms with Crippen LogP contribution in [0.3, 0.4) is 0 Å². The van der Waals surface area contributed by atoms with Gasteiger partial charge in [-0.05, 0) is 81.5 Å². The van der Waals surface area contributed by atoms with Gasteiger partial charge in [0.05, 0.1) is 10.9 Å². The number of carbonyl (C=O) groups is 2. The van der Waals surface area contributed by atoms with Crippen LogP contribution in [0.2, 0.25) is 0 Å². The number of allylic oxidation sites excluding steroid dienone is 3. The zero-order valence-corrected chi connectivity index (χ0v) is 30.4. The average Bonchev–Trinajstić information content (AvgIpc) is 3.33. The summed E-state index contributed by atoms with van der Waals surface area (Å²) < 4.78 is 39.1. The molecule has 1 unspecified atom stereocenters. The fraction of sp³-hybridized carbons (Fsp3) is 0.514. The van der Waals surface area contributed by atoms with Gasteiger partial charge in [0, 0.05) is 47.4 Å². The first-order valence-corrected chi connectivity index (χ1v) is 18.2. The SMILES string of the molecule is CCCN1C(=CC=CC2N(CCCCCC(=O)NNC(=O)OC(C)(C)C)c3ccc(S(=O)(=O)O)cc3C2(C)C)C(C)(C)c2ccccc21. The number of nitrogens with zero attached hydrogens (tertiary/aromatic N) is 2. The van der Waals surface area contributed by atoms with Crippen molar-refractivity contribution in [3.63, 3.8) is 0 Å². The summed E-state index contributed by atoms with van der Waals surface area (Å²) in [6.07, 6.45) is 9.28. The molecule has 2 aromatic rings. The number of hydrogen-bond donors (Lipinski definition) is 3. The van der Waals surface area contributed by atoms with E-state index in [1.807, 2.05) is 0 Å². The standard InChI is InChI=1S/C37H52N4O6S/c1-9-23-40-29-17-13-12-16-27(29)36(5,6)31(40)18-15-19-32-37(7,8)28-25-26(48(44,45)46)21-22-30(28)41(32)24-14-10-11-20-33(42)38-39-34(43)47-35(2,3)4/h12-13,15-19,21-22,25,32H,9-11,14,20,23-24H2,1-8H3,(H,38,42)(H,39,43)(H,44,45,46). The van der Waals surface area contributed by atoms with Gasteiger partial charge in [0.15, 0.2) is 0 Å². The number of ether oxygens (including phenoxy) is 1. The van der Waals surface area contributed by atoms with E-state index in [0.717, 1.165) is 37.1 Å². The molecule has 2 aliphatic heterocycles. The van der Waals surface area contributed by atoms with Crippen LogP contribution in [0.4, 0.5) is 16.2 Å². The van der Waals surface area contributed by atoms with Crippen LogP contribution in [0, 0.1) is 0 Å². The van der Waals surface area contributed by atoms with Gasteiger partial charge in [-0.1, -0.05) is 71.4 Å². The molecule has 48 heavy (non-hydrogen) atoms. The van der Waals surface area contributed by atoms with E-state index in [-0.39, 0.29) is 28.7 Å². The largest absolute Gasteiger partial charge is 0.443 e. The lowest BCUT2D eigenvalue weighted by atomic mass is 9.80. The van der Waals surface area contributed by atoms with Gasteiger partial charge in [0.1, 0.15) is 5.60 Å². The Hall–Kier alpha value is -3.83. The molecule has 2 amide bonds. The molecule has 2 aromatic carbocycles. The molecule has 11 heteroatoms. The van der Waals surface area contributed by atoms with Crippen molar-refractivity contribution in [3.05, 3.63) is 77.5 Å². The first-order chi connectivity index (χ1) is 22.4. The Balaban J connectivity index is 1.51. The van der Waals surface area contributed by atoms with Gasteiger partial charge in [0.25, 0.3) is 10.1 Å². The van der Waals surface area contributed by atoms with Gasteiger partial charge in [0.2, 0.25) is 5.91 Å². The van der Waals surface area contributed by atoms with Crippen LogP contribution in [0.25, 0.3) is 0 Å². The highest BCUT2D eigenvalue weighted by Gasteiger charge is 2.44. The fourth-order valence-electron chi connectivity index (χ4n) is 6.83. The summed E-state index contributed by atoms with van der Waals surface area (Å²) in [5.41, 5.74) is 8.94. The summed E-state index contributed by atoms with van der Waals surface area (Å²) in [6, 6.07) is 13.3. The number of nitrogens with one attached hydrogen (secondary N) is 2. The molecule has 0 fully saturated rings. The first kappa shape index (κ1) is 37.0. The van der Waals surface area contributed by atoms with E-state index < -0.39 is 27.2 Å². The van der Waals surface area contributed by atoms with Crippen LogP contribution in [0.15, 0.2) is 71.3 Å². The number of hydrogen-bond acceptors (Lipinski definition) is 7. The highest BCUT2D eigenvalue weighted by atomic mass is 32.2. The maximum Gasteiger partial charge on any atom is 0.426 e. The normalized spacial score (nSPS) is 19.0.